The van der Waals surface area contributed by atoms with Crippen molar-refractivity contribution < 1.29 is 9.18 Å². The number of nitrogens with zero attached hydrogens (tertiary/aromatic N) is 3. The van der Waals surface area contributed by atoms with Crippen molar-refractivity contribution in [2.75, 3.05) is 11.9 Å². The Morgan fingerprint density at radius 2 is 1.87 bits per heavy atom. The number of amides is 1. The van der Waals surface area contributed by atoms with Crippen LogP contribution < -0.4 is 10.6 Å². The number of benzene rings is 2. The van der Waals surface area contributed by atoms with Crippen molar-refractivity contribution in [3.05, 3.63) is 111 Å². The average molecular weight is 583 g/mol. The number of carbonyl (C=O) groups excluding carboxylic acids is 1. The summed E-state index contributed by atoms with van der Waals surface area (Å²) in [6.07, 6.45) is 1.94. The molecule has 0 aliphatic carbocycles. The van der Waals surface area contributed by atoms with Crippen molar-refractivity contribution >= 4 is 52.1 Å². The van der Waals surface area contributed by atoms with E-state index >= 15 is 0 Å². The maximum atomic E-state index is 13.3. The molecule has 0 spiro atoms. The summed E-state index contributed by atoms with van der Waals surface area (Å²) >= 11 is 18.7. The first-order valence-electron chi connectivity index (χ1n) is 12.4. The Hall–Kier alpha value is -3.46. The molecule has 1 saturated heterocycles. The number of anilines is 1. The van der Waals surface area contributed by atoms with E-state index in [1.807, 2.05) is 49.1 Å². The lowest BCUT2D eigenvalue weighted by molar-refractivity contribution is -0.116. The molecule has 1 aliphatic rings. The summed E-state index contributed by atoms with van der Waals surface area (Å²) in [4.78, 5) is 19.4. The average Bonchev–Trinajstić information content (AvgIpc) is 3.40. The molecule has 1 fully saturated rings. The van der Waals surface area contributed by atoms with Gasteiger partial charge >= 0.3 is 0 Å². The maximum Gasteiger partial charge on any atom is 0.226 e. The summed E-state index contributed by atoms with van der Waals surface area (Å²) in [7, 11) is 0. The summed E-state index contributed by atoms with van der Waals surface area (Å²) in [6, 6.07) is 18.7. The lowest BCUT2D eigenvalue weighted by Gasteiger charge is -2.28. The number of thiocarbonyl (C=S) groups is 1. The molecule has 0 unspecified atom stereocenters. The Morgan fingerprint density at radius 1 is 1.10 bits per heavy atom. The first-order valence-corrected chi connectivity index (χ1v) is 13.6. The normalized spacial score (nSPS) is 16.8. The van der Waals surface area contributed by atoms with Crippen LogP contribution in [0.5, 0.6) is 0 Å². The van der Waals surface area contributed by atoms with E-state index in [1.54, 1.807) is 12.3 Å². The van der Waals surface area contributed by atoms with Crippen molar-refractivity contribution in [3.8, 4) is 5.69 Å². The van der Waals surface area contributed by atoms with Crippen LogP contribution >= 0.6 is 35.4 Å². The third-order valence-electron chi connectivity index (χ3n) is 6.87. The van der Waals surface area contributed by atoms with Crippen molar-refractivity contribution in [3.63, 3.8) is 0 Å². The summed E-state index contributed by atoms with van der Waals surface area (Å²) in [5.41, 5.74) is 5.17. The molecule has 3 heterocycles. The summed E-state index contributed by atoms with van der Waals surface area (Å²) in [6.45, 7) is 4.43. The van der Waals surface area contributed by atoms with Crippen LogP contribution in [0, 0.1) is 19.7 Å². The Labute approximate surface area is 241 Å². The molecule has 4 aromatic rings. The Morgan fingerprint density at radius 3 is 2.59 bits per heavy atom. The summed E-state index contributed by atoms with van der Waals surface area (Å²) < 4.78 is 15.3. The second-order valence-corrected chi connectivity index (χ2v) is 10.5. The molecule has 2 atom stereocenters. The van der Waals surface area contributed by atoms with E-state index in [1.165, 1.54) is 24.3 Å². The number of hydrogen-bond acceptors (Lipinski definition) is 3. The number of aryl methyl sites for hydroxylation is 1. The molecule has 0 bridgehead atoms. The second-order valence-electron chi connectivity index (χ2n) is 9.36. The van der Waals surface area contributed by atoms with Crippen molar-refractivity contribution in [1.82, 2.24) is 19.8 Å². The van der Waals surface area contributed by atoms with Gasteiger partial charge in [0.15, 0.2) is 5.11 Å². The van der Waals surface area contributed by atoms with E-state index in [2.05, 4.69) is 26.3 Å². The highest BCUT2D eigenvalue weighted by Crippen LogP contribution is 2.42. The number of halogens is 3. The van der Waals surface area contributed by atoms with Gasteiger partial charge in [0.05, 0.1) is 33.5 Å². The fourth-order valence-corrected chi connectivity index (χ4v) is 5.80. The monoisotopic (exact) mass is 581 g/mol. The van der Waals surface area contributed by atoms with Crippen LogP contribution in [-0.2, 0) is 4.79 Å². The third kappa shape index (κ3) is 5.50. The number of pyridine rings is 1. The molecule has 0 saturated carbocycles. The fraction of sp³-hybridized carbons (Fsp3) is 0.207. The van der Waals surface area contributed by atoms with Crippen molar-refractivity contribution in [1.29, 1.82) is 0 Å². The Bertz CT molecular complexity index is 1530. The van der Waals surface area contributed by atoms with Gasteiger partial charge in [-0.2, -0.15) is 0 Å². The number of carbonyl (C=O) groups is 1. The number of hydrogen-bond donors (Lipinski definition) is 2. The third-order valence-corrected chi connectivity index (χ3v) is 8.03. The van der Waals surface area contributed by atoms with Crippen LogP contribution in [0.4, 0.5) is 10.1 Å². The minimum Gasteiger partial charge on any atom is -0.352 e. The standard InChI is InChI=1S/C29H26Cl2FN5OS/c1-17-16-21(18(2)37(17)24-8-5-6-22(30)26(24)31)28-27(23-7-3-4-14-33-23)35-29(39)36(28)15-13-25(38)34-20-11-9-19(32)10-12-20/h3-12,14,16,27-28H,13,15H2,1-2H3,(H,34,38)(H,35,39)/t27-,28+/m1/s1. The summed E-state index contributed by atoms with van der Waals surface area (Å²) in [5.74, 6) is -0.554. The quantitative estimate of drug-likeness (QED) is 0.231. The van der Waals surface area contributed by atoms with E-state index in [-0.39, 0.29) is 30.2 Å². The lowest BCUT2D eigenvalue weighted by Crippen LogP contribution is -2.32. The molecular formula is C29H26Cl2FN5OS. The van der Waals surface area contributed by atoms with Crippen LogP contribution in [0.2, 0.25) is 10.0 Å². The van der Waals surface area contributed by atoms with Gasteiger partial charge in [-0.05, 0) is 86.2 Å². The predicted molar refractivity (Wildman–Crippen MR) is 157 cm³/mol. The van der Waals surface area contributed by atoms with E-state index < -0.39 is 0 Å². The van der Waals surface area contributed by atoms with E-state index in [0.717, 1.165) is 28.3 Å². The van der Waals surface area contributed by atoms with Gasteiger partial charge in [0, 0.05) is 36.2 Å². The van der Waals surface area contributed by atoms with E-state index in [4.69, 9.17) is 35.4 Å². The largest absolute Gasteiger partial charge is 0.352 e. The molecular weight excluding hydrogens is 556 g/mol. The first kappa shape index (κ1) is 27.1. The highest BCUT2D eigenvalue weighted by molar-refractivity contribution is 7.80. The van der Waals surface area contributed by atoms with Gasteiger partial charge in [0.2, 0.25) is 5.91 Å². The topological polar surface area (TPSA) is 62.2 Å². The highest BCUT2D eigenvalue weighted by atomic mass is 35.5. The van der Waals surface area contributed by atoms with Crippen molar-refractivity contribution in [2.24, 2.45) is 0 Å². The molecule has 1 amide bonds. The molecule has 0 radical (unpaired) electrons. The molecule has 200 valence electrons. The molecule has 5 rings (SSSR count). The molecule has 10 heteroatoms. The van der Waals surface area contributed by atoms with Gasteiger partial charge in [-0.3, -0.25) is 9.78 Å². The van der Waals surface area contributed by atoms with Gasteiger partial charge in [-0.25, -0.2) is 4.39 Å². The van der Waals surface area contributed by atoms with Crippen LogP contribution in [0.1, 0.15) is 41.1 Å². The Kier molecular flexibility index (Phi) is 7.88. The predicted octanol–water partition coefficient (Wildman–Crippen LogP) is 6.94. The molecule has 39 heavy (non-hydrogen) atoms. The molecule has 2 N–H and O–H groups in total. The van der Waals surface area contributed by atoms with Crippen LogP contribution in [0.15, 0.2) is 72.9 Å². The molecule has 1 aliphatic heterocycles. The van der Waals surface area contributed by atoms with Gasteiger partial charge in [-0.15, -0.1) is 0 Å². The molecule has 2 aromatic heterocycles. The fourth-order valence-electron chi connectivity index (χ4n) is 5.09. The number of rotatable bonds is 7. The maximum absolute atomic E-state index is 13.3. The minimum absolute atomic E-state index is 0.184. The zero-order valence-electron chi connectivity index (χ0n) is 21.3. The first-order chi connectivity index (χ1) is 18.7. The van der Waals surface area contributed by atoms with Gasteiger partial charge in [-0.1, -0.05) is 35.3 Å². The van der Waals surface area contributed by atoms with Crippen molar-refractivity contribution in [2.45, 2.75) is 32.4 Å². The zero-order chi connectivity index (χ0) is 27.7. The lowest BCUT2D eigenvalue weighted by atomic mass is 9.96. The zero-order valence-corrected chi connectivity index (χ0v) is 23.6. The number of nitrogens with one attached hydrogen (secondary N) is 2. The second kappa shape index (κ2) is 11.3. The van der Waals surface area contributed by atoms with E-state index in [9.17, 15) is 9.18 Å². The van der Waals surface area contributed by atoms with Crippen LogP contribution in [-0.4, -0.2) is 32.0 Å². The smallest absolute Gasteiger partial charge is 0.226 e. The van der Waals surface area contributed by atoms with Crippen LogP contribution in [0.25, 0.3) is 5.69 Å². The molecule has 2 aromatic carbocycles. The van der Waals surface area contributed by atoms with E-state index in [0.29, 0.717) is 27.4 Å². The Balaban J connectivity index is 1.48. The summed E-state index contributed by atoms with van der Waals surface area (Å²) in [5, 5.41) is 7.74. The van der Waals surface area contributed by atoms with Crippen LogP contribution in [0.3, 0.4) is 0 Å². The molecule has 6 nitrogen and oxygen atoms in total. The SMILES string of the molecule is Cc1cc([C@H]2[C@@H](c3ccccn3)NC(=S)N2CCC(=O)Nc2ccc(F)cc2)c(C)n1-c1cccc(Cl)c1Cl. The number of aromatic nitrogens is 2. The van der Waals surface area contributed by atoms with Gasteiger partial charge < -0.3 is 20.1 Å². The highest BCUT2D eigenvalue weighted by Gasteiger charge is 2.41. The van der Waals surface area contributed by atoms with Gasteiger partial charge in [0.1, 0.15) is 5.82 Å². The minimum atomic E-state index is -0.360. The van der Waals surface area contributed by atoms with Gasteiger partial charge in [0.25, 0.3) is 0 Å².